The van der Waals surface area contributed by atoms with E-state index in [0.29, 0.717) is 0 Å². The van der Waals surface area contributed by atoms with E-state index in [0.717, 1.165) is 65.3 Å². The van der Waals surface area contributed by atoms with Crippen LogP contribution in [0.4, 0.5) is 5.69 Å². The van der Waals surface area contributed by atoms with Crippen LogP contribution in [0.3, 0.4) is 0 Å². The second-order valence-corrected chi connectivity index (χ2v) is 14.1. The van der Waals surface area contributed by atoms with Crippen molar-refractivity contribution in [2.45, 2.75) is 36.5 Å². The summed E-state index contributed by atoms with van der Waals surface area (Å²) in [6, 6.07) is 31.9. The number of hydrogen-bond acceptors (Lipinski definition) is 6. The van der Waals surface area contributed by atoms with Crippen LogP contribution in [0.2, 0.25) is 0 Å². The zero-order valence-electron chi connectivity index (χ0n) is 25.4. The molecule has 1 atom stereocenters. The molecule has 0 aliphatic carbocycles. The van der Waals surface area contributed by atoms with Crippen molar-refractivity contribution >= 4 is 32.9 Å². The van der Waals surface area contributed by atoms with Gasteiger partial charge in [-0.2, -0.15) is 0 Å². The van der Waals surface area contributed by atoms with Crippen LogP contribution in [0, 0.1) is 0 Å². The Balaban J connectivity index is 1.11. The first-order valence-electron chi connectivity index (χ1n) is 15.2. The Bertz CT molecular complexity index is 2130. The molecule has 2 aliphatic heterocycles. The molecule has 1 saturated heterocycles. The topological polar surface area (TPSA) is 94.0 Å². The van der Waals surface area contributed by atoms with Gasteiger partial charge in [0.05, 0.1) is 21.3 Å². The highest BCUT2D eigenvalue weighted by Crippen LogP contribution is 2.31. The summed E-state index contributed by atoms with van der Waals surface area (Å²) in [5.41, 5.74) is 5.07. The highest BCUT2D eigenvalue weighted by atomic mass is 32.2. The van der Waals surface area contributed by atoms with Gasteiger partial charge in [-0.1, -0.05) is 54.6 Å². The number of likely N-dealkylation sites (tertiary alicyclic amines) is 1. The van der Waals surface area contributed by atoms with Crippen molar-refractivity contribution in [1.29, 1.82) is 0 Å². The van der Waals surface area contributed by atoms with Gasteiger partial charge in [0, 0.05) is 56.9 Å². The van der Waals surface area contributed by atoms with Gasteiger partial charge in [-0.3, -0.25) is 14.5 Å². The van der Waals surface area contributed by atoms with Crippen molar-refractivity contribution in [1.82, 2.24) is 18.8 Å². The van der Waals surface area contributed by atoms with E-state index >= 15 is 0 Å². The van der Waals surface area contributed by atoms with Crippen LogP contribution in [0.25, 0.3) is 17.2 Å². The van der Waals surface area contributed by atoms with Gasteiger partial charge in [-0.05, 0) is 66.4 Å². The number of benzene rings is 4. The molecule has 1 fully saturated rings. The number of anilines is 1. The van der Waals surface area contributed by atoms with Gasteiger partial charge in [-0.15, -0.1) is 0 Å². The summed E-state index contributed by atoms with van der Waals surface area (Å²) in [5.74, 6) is 0. The van der Waals surface area contributed by atoms with Crippen molar-refractivity contribution in [3.8, 4) is 0 Å². The Morgan fingerprint density at radius 1 is 0.889 bits per heavy atom. The minimum absolute atomic E-state index is 0.0292. The second kappa shape index (κ2) is 11.8. The molecule has 0 saturated carbocycles. The lowest BCUT2D eigenvalue weighted by atomic mass is 10.0. The lowest BCUT2D eigenvalue weighted by Gasteiger charge is -2.33. The maximum Gasteiger partial charge on any atom is 0.326 e. The van der Waals surface area contributed by atoms with Crippen LogP contribution in [0.1, 0.15) is 36.2 Å². The zero-order chi connectivity index (χ0) is 31.1. The Labute approximate surface area is 262 Å². The van der Waals surface area contributed by atoms with Gasteiger partial charge < -0.3 is 9.88 Å². The van der Waals surface area contributed by atoms with Crippen molar-refractivity contribution < 1.29 is 8.42 Å². The predicted octanol–water partition coefficient (Wildman–Crippen LogP) is 3.99. The SMILES string of the molecule is CN(C)S(=O)(=O)c1ccc2c(c1)=CN(c1ccc(CN3CCC(n4c(=O)[nH]c5ccccc54)CC3)cc1)C(c1ccccc1)N=2. The van der Waals surface area contributed by atoms with E-state index in [1.54, 1.807) is 18.2 Å². The fourth-order valence-electron chi connectivity index (χ4n) is 6.42. The number of sulfonamides is 1. The van der Waals surface area contributed by atoms with Gasteiger partial charge in [0.1, 0.15) is 0 Å². The van der Waals surface area contributed by atoms with Crippen molar-refractivity contribution in [3.05, 3.63) is 129 Å². The lowest BCUT2D eigenvalue weighted by molar-refractivity contribution is 0.180. The fraction of sp³-hybridized carbons (Fsp3) is 0.257. The maximum absolute atomic E-state index is 12.8. The summed E-state index contributed by atoms with van der Waals surface area (Å²) in [5, 5.41) is 1.51. The Morgan fingerprint density at radius 2 is 1.60 bits per heavy atom. The Kier molecular flexibility index (Phi) is 7.64. The third kappa shape index (κ3) is 5.61. The monoisotopic (exact) mass is 620 g/mol. The molecule has 0 bridgehead atoms. The molecule has 0 spiro atoms. The largest absolute Gasteiger partial charge is 0.326 e. The van der Waals surface area contributed by atoms with E-state index in [1.165, 1.54) is 24.0 Å². The van der Waals surface area contributed by atoms with Crippen LogP contribution in [0.5, 0.6) is 0 Å². The van der Waals surface area contributed by atoms with E-state index in [1.807, 2.05) is 53.2 Å². The third-order valence-electron chi connectivity index (χ3n) is 8.87. The van der Waals surface area contributed by atoms with Crippen LogP contribution >= 0.6 is 0 Å². The molecular weight excluding hydrogens is 584 g/mol. The molecule has 4 aromatic carbocycles. The van der Waals surface area contributed by atoms with Crippen LogP contribution in [-0.4, -0.2) is 54.4 Å². The quantitative estimate of drug-likeness (QED) is 0.297. The van der Waals surface area contributed by atoms with Gasteiger partial charge in [0.2, 0.25) is 10.0 Å². The number of H-pyrrole nitrogens is 1. The summed E-state index contributed by atoms with van der Waals surface area (Å²) in [7, 11) is -0.502. The molecule has 1 aromatic heterocycles. The number of imidazole rings is 1. The first-order valence-corrected chi connectivity index (χ1v) is 16.7. The van der Waals surface area contributed by atoms with E-state index < -0.39 is 10.0 Å². The van der Waals surface area contributed by atoms with Gasteiger partial charge in [0.25, 0.3) is 0 Å². The molecule has 0 radical (unpaired) electrons. The summed E-state index contributed by atoms with van der Waals surface area (Å²) in [6.07, 6.45) is 3.57. The molecule has 5 aromatic rings. The number of hydrogen-bond donors (Lipinski definition) is 1. The van der Waals surface area contributed by atoms with Crippen molar-refractivity contribution in [3.63, 3.8) is 0 Å². The summed E-state index contributed by atoms with van der Waals surface area (Å²) >= 11 is 0. The Hall–Kier alpha value is -4.51. The molecular formula is C35H36N6O3S. The molecule has 0 amide bonds. The standard InChI is InChI=1S/C35H36N6O3S/c1-38(2)45(43,44)30-16-17-31-27(22-30)24-40(34(36-31)26-8-4-3-5-9-26)28-14-12-25(13-15-28)23-39-20-18-29(19-21-39)41-33-11-7-6-10-32(33)37-35(41)42/h3-17,22,24,29,34H,18-21,23H2,1-2H3,(H,37,42). The maximum atomic E-state index is 12.8. The number of para-hydroxylation sites is 2. The van der Waals surface area contributed by atoms with E-state index in [2.05, 4.69) is 51.2 Å². The number of rotatable bonds is 7. The van der Waals surface area contributed by atoms with Crippen molar-refractivity contribution in [2.75, 3.05) is 32.1 Å². The molecule has 230 valence electrons. The summed E-state index contributed by atoms with van der Waals surface area (Å²) in [6.45, 7) is 2.67. The highest BCUT2D eigenvalue weighted by Gasteiger charge is 2.25. The number of piperidine rings is 1. The predicted molar refractivity (Wildman–Crippen MR) is 177 cm³/mol. The average Bonchev–Trinajstić information content (AvgIpc) is 3.40. The third-order valence-corrected chi connectivity index (χ3v) is 10.7. The zero-order valence-corrected chi connectivity index (χ0v) is 26.2. The first-order chi connectivity index (χ1) is 21.8. The molecule has 1 unspecified atom stereocenters. The number of aromatic amines is 1. The lowest BCUT2D eigenvalue weighted by Crippen LogP contribution is -2.39. The minimum Gasteiger partial charge on any atom is -0.321 e. The number of nitrogens with zero attached hydrogens (tertiary/aromatic N) is 5. The molecule has 1 N–H and O–H groups in total. The smallest absolute Gasteiger partial charge is 0.321 e. The minimum atomic E-state index is -3.58. The molecule has 45 heavy (non-hydrogen) atoms. The normalized spacial score (nSPS) is 17.7. The van der Waals surface area contributed by atoms with E-state index in [4.69, 9.17) is 4.99 Å². The summed E-state index contributed by atoms with van der Waals surface area (Å²) in [4.78, 5) is 25.5. The number of nitrogens with one attached hydrogen (secondary N) is 1. The Morgan fingerprint density at radius 3 is 2.33 bits per heavy atom. The first kappa shape index (κ1) is 29.2. The van der Waals surface area contributed by atoms with Crippen LogP contribution in [0.15, 0.2) is 112 Å². The van der Waals surface area contributed by atoms with Gasteiger partial charge >= 0.3 is 5.69 Å². The molecule has 2 aliphatic rings. The van der Waals surface area contributed by atoms with Crippen LogP contribution < -0.4 is 21.2 Å². The summed E-state index contributed by atoms with van der Waals surface area (Å²) < 4.78 is 28.9. The number of fused-ring (bicyclic) bond motifs is 2. The van der Waals surface area contributed by atoms with Crippen LogP contribution in [-0.2, 0) is 16.6 Å². The van der Waals surface area contributed by atoms with Crippen molar-refractivity contribution in [2.24, 2.45) is 4.99 Å². The highest BCUT2D eigenvalue weighted by molar-refractivity contribution is 7.89. The number of aromatic nitrogens is 2. The van der Waals surface area contributed by atoms with Gasteiger partial charge in [-0.25, -0.2) is 17.5 Å². The molecule has 7 rings (SSSR count). The molecule has 10 heteroatoms. The van der Waals surface area contributed by atoms with E-state index in [9.17, 15) is 13.2 Å². The molecule has 9 nitrogen and oxygen atoms in total. The molecule has 3 heterocycles. The van der Waals surface area contributed by atoms with E-state index in [-0.39, 0.29) is 22.8 Å². The van der Waals surface area contributed by atoms with Gasteiger partial charge in [0.15, 0.2) is 6.17 Å². The second-order valence-electron chi connectivity index (χ2n) is 11.9. The fourth-order valence-corrected chi connectivity index (χ4v) is 7.36. The average molecular weight is 621 g/mol.